The molecule has 0 aromatic heterocycles. The van der Waals surface area contributed by atoms with Gasteiger partial charge in [-0.2, -0.15) is 0 Å². The Hall–Kier alpha value is -4.79. The van der Waals surface area contributed by atoms with Gasteiger partial charge >= 0.3 is 0 Å². The van der Waals surface area contributed by atoms with Gasteiger partial charge in [0.2, 0.25) is 11.8 Å². The maximum Gasteiger partial charge on any atom is 0.253 e. The van der Waals surface area contributed by atoms with Crippen LogP contribution in [0.1, 0.15) is 16.7 Å². The lowest BCUT2D eigenvalue weighted by Gasteiger charge is -2.16. The molecule has 9 heteroatoms. The monoisotopic (exact) mass is 517 g/mol. The number of hydrogen-bond acceptors (Lipinski definition) is 6. The van der Waals surface area contributed by atoms with Gasteiger partial charge in [-0.3, -0.25) is 14.4 Å². The van der Waals surface area contributed by atoms with E-state index in [1.54, 1.807) is 89.0 Å². The molecule has 0 heterocycles. The van der Waals surface area contributed by atoms with Crippen molar-refractivity contribution >= 4 is 29.4 Å². The number of rotatable bonds is 11. The third-order valence-electron chi connectivity index (χ3n) is 5.78. The molecule has 3 aromatic carbocycles. The Morgan fingerprint density at radius 3 is 1.74 bits per heavy atom. The molecular weight excluding hydrogens is 486 g/mol. The van der Waals surface area contributed by atoms with Crippen LogP contribution in [0.15, 0.2) is 66.7 Å². The zero-order chi connectivity index (χ0) is 27.8. The summed E-state index contributed by atoms with van der Waals surface area (Å²) in [6.07, 6.45) is 1.92. The fourth-order valence-electron chi connectivity index (χ4n) is 3.68. The number of amides is 3. The van der Waals surface area contributed by atoms with Gasteiger partial charge in [0.25, 0.3) is 5.91 Å². The Morgan fingerprint density at radius 2 is 1.29 bits per heavy atom. The predicted molar refractivity (Wildman–Crippen MR) is 145 cm³/mol. The van der Waals surface area contributed by atoms with Crippen LogP contribution >= 0.6 is 0 Å². The fourth-order valence-corrected chi connectivity index (χ4v) is 3.68. The first-order chi connectivity index (χ1) is 18.1. The second kappa shape index (κ2) is 12.4. The zero-order valence-electron chi connectivity index (χ0n) is 21.8. The van der Waals surface area contributed by atoms with Gasteiger partial charge in [-0.15, -0.1) is 0 Å². The highest BCUT2D eigenvalue weighted by Gasteiger charge is 2.22. The molecule has 38 heavy (non-hydrogen) atoms. The van der Waals surface area contributed by atoms with Gasteiger partial charge in [0, 0.05) is 25.7 Å². The zero-order valence-corrected chi connectivity index (χ0v) is 21.8. The third-order valence-corrected chi connectivity index (χ3v) is 5.78. The summed E-state index contributed by atoms with van der Waals surface area (Å²) in [5.41, 5.74) is 13.2. The standard InChI is InChI=1S/C29H31N3O6/c1-32(2)29(35)25(20-15-23(36-3)17-24(16-20)37-4)13-18-5-9-21(10-6-18)38-22-11-7-19(8-12-22)14-26(27(30)33)28(31)34/h5-13,15-17,26H,14H2,1-4H3,(H2,30,33)(H2,31,34). The molecule has 3 amide bonds. The van der Waals surface area contributed by atoms with Gasteiger partial charge in [-0.25, -0.2) is 0 Å². The van der Waals surface area contributed by atoms with Crippen LogP contribution < -0.4 is 25.7 Å². The van der Waals surface area contributed by atoms with Crippen molar-refractivity contribution in [3.63, 3.8) is 0 Å². The number of likely N-dealkylation sites (N-methyl/N-ethyl adjacent to an activating group) is 1. The summed E-state index contributed by atoms with van der Waals surface area (Å²) < 4.78 is 16.6. The number of hydrogen-bond donors (Lipinski definition) is 2. The number of ether oxygens (including phenoxy) is 3. The molecule has 0 spiro atoms. The highest BCUT2D eigenvalue weighted by atomic mass is 16.5. The minimum atomic E-state index is -1.07. The molecule has 0 aliphatic heterocycles. The van der Waals surface area contributed by atoms with Gasteiger partial charge in [-0.1, -0.05) is 24.3 Å². The molecule has 9 nitrogen and oxygen atoms in total. The summed E-state index contributed by atoms with van der Waals surface area (Å²) in [4.78, 5) is 37.4. The van der Waals surface area contributed by atoms with Crippen molar-refractivity contribution in [3.8, 4) is 23.0 Å². The molecule has 198 valence electrons. The van der Waals surface area contributed by atoms with Crippen LogP contribution in [0.5, 0.6) is 23.0 Å². The van der Waals surface area contributed by atoms with Crippen LogP contribution in [0.4, 0.5) is 0 Å². The normalized spacial score (nSPS) is 11.1. The van der Waals surface area contributed by atoms with Crippen LogP contribution in [0, 0.1) is 5.92 Å². The Labute approximate surface area is 221 Å². The average Bonchev–Trinajstić information content (AvgIpc) is 2.90. The number of nitrogens with two attached hydrogens (primary N) is 2. The van der Waals surface area contributed by atoms with Crippen LogP contribution in [-0.2, 0) is 20.8 Å². The van der Waals surface area contributed by atoms with Crippen LogP contribution in [-0.4, -0.2) is 50.9 Å². The van der Waals surface area contributed by atoms with Crippen molar-refractivity contribution in [2.75, 3.05) is 28.3 Å². The topological polar surface area (TPSA) is 134 Å². The Kier molecular flexibility index (Phi) is 9.10. The summed E-state index contributed by atoms with van der Waals surface area (Å²) >= 11 is 0. The molecule has 4 N–H and O–H groups in total. The molecule has 0 unspecified atom stereocenters. The summed E-state index contributed by atoms with van der Waals surface area (Å²) in [7, 11) is 6.50. The number of carbonyl (C=O) groups excluding carboxylic acids is 3. The fraction of sp³-hybridized carbons (Fsp3) is 0.207. The SMILES string of the molecule is COc1cc(OC)cc(C(=Cc2ccc(Oc3ccc(CC(C(N)=O)C(N)=O)cc3)cc2)C(=O)N(C)C)c1. The second-order valence-corrected chi connectivity index (χ2v) is 8.74. The Balaban J connectivity index is 1.81. The predicted octanol–water partition coefficient (Wildman–Crippen LogP) is 3.25. The van der Waals surface area contributed by atoms with E-state index in [1.165, 1.54) is 4.90 Å². The first-order valence-electron chi connectivity index (χ1n) is 11.7. The maximum absolute atomic E-state index is 13.0. The van der Waals surface area contributed by atoms with Crippen molar-refractivity contribution in [2.45, 2.75) is 6.42 Å². The molecule has 0 fully saturated rings. The minimum Gasteiger partial charge on any atom is -0.497 e. The minimum absolute atomic E-state index is 0.124. The van der Waals surface area contributed by atoms with Crippen LogP contribution in [0.25, 0.3) is 11.6 Å². The van der Waals surface area contributed by atoms with E-state index < -0.39 is 17.7 Å². The van der Waals surface area contributed by atoms with E-state index in [0.717, 1.165) is 11.1 Å². The van der Waals surface area contributed by atoms with Gasteiger partial charge in [0.05, 0.1) is 14.2 Å². The quantitative estimate of drug-likeness (QED) is 0.228. The van der Waals surface area contributed by atoms with Crippen molar-refractivity contribution in [2.24, 2.45) is 17.4 Å². The van der Waals surface area contributed by atoms with Crippen molar-refractivity contribution < 1.29 is 28.6 Å². The molecule has 0 saturated heterocycles. The average molecular weight is 518 g/mol. The summed E-state index contributed by atoms with van der Waals surface area (Å²) in [6, 6.07) is 19.5. The van der Waals surface area contributed by atoms with E-state index in [1.807, 2.05) is 12.1 Å². The maximum atomic E-state index is 13.0. The third kappa shape index (κ3) is 7.13. The number of primary amides is 2. The van der Waals surface area contributed by atoms with E-state index in [-0.39, 0.29) is 12.3 Å². The van der Waals surface area contributed by atoms with Crippen LogP contribution in [0.3, 0.4) is 0 Å². The first kappa shape index (κ1) is 27.8. The van der Waals surface area contributed by atoms with Crippen molar-refractivity contribution in [1.82, 2.24) is 4.90 Å². The molecule has 0 radical (unpaired) electrons. The van der Waals surface area contributed by atoms with Crippen molar-refractivity contribution in [3.05, 3.63) is 83.4 Å². The van der Waals surface area contributed by atoms with Gasteiger partial charge in [-0.05, 0) is 65.6 Å². The van der Waals surface area contributed by atoms with E-state index >= 15 is 0 Å². The van der Waals surface area contributed by atoms with Crippen molar-refractivity contribution in [1.29, 1.82) is 0 Å². The first-order valence-corrected chi connectivity index (χ1v) is 11.7. The van der Waals surface area contributed by atoms with E-state index in [2.05, 4.69) is 0 Å². The molecule has 0 aliphatic rings. The summed E-state index contributed by atoms with van der Waals surface area (Å²) in [5.74, 6) is -0.441. The van der Waals surface area contributed by atoms with E-state index in [0.29, 0.717) is 34.1 Å². The van der Waals surface area contributed by atoms with Gasteiger partial charge < -0.3 is 30.6 Å². The summed E-state index contributed by atoms with van der Waals surface area (Å²) in [6.45, 7) is 0. The smallest absolute Gasteiger partial charge is 0.253 e. The van der Waals surface area contributed by atoms with Gasteiger partial charge in [0.15, 0.2) is 0 Å². The molecule has 3 aromatic rings. The number of nitrogens with zero attached hydrogens (tertiary/aromatic N) is 1. The highest BCUT2D eigenvalue weighted by Crippen LogP contribution is 2.30. The van der Waals surface area contributed by atoms with Crippen LogP contribution in [0.2, 0.25) is 0 Å². The molecular formula is C29H31N3O6. The lowest BCUT2D eigenvalue weighted by Crippen LogP contribution is -2.36. The highest BCUT2D eigenvalue weighted by molar-refractivity contribution is 6.24. The lowest BCUT2D eigenvalue weighted by atomic mass is 9.98. The largest absolute Gasteiger partial charge is 0.497 e. The second-order valence-electron chi connectivity index (χ2n) is 8.74. The molecule has 0 aliphatic carbocycles. The molecule has 0 bridgehead atoms. The molecule has 0 saturated carbocycles. The number of benzene rings is 3. The Morgan fingerprint density at radius 1 is 0.789 bits per heavy atom. The number of carbonyl (C=O) groups is 3. The molecule has 3 rings (SSSR count). The van der Waals surface area contributed by atoms with Gasteiger partial charge in [0.1, 0.15) is 28.9 Å². The van der Waals surface area contributed by atoms with E-state index in [9.17, 15) is 14.4 Å². The summed E-state index contributed by atoms with van der Waals surface area (Å²) in [5, 5.41) is 0. The number of methoxy groups -OCH3 is 2. The molecule has 0 atom stereocenters. The van der Waals surface area contributed by atoms with E-state index in [4.69, 9.17) is 25.7 Å². The Bertz CT molecular complexity index is 1300. The lowest BCUT2D eigenvalue weighted by molar-refractivity contribution is -0.131.